The molecule has 144 valence electrons. The van der Waals surface area contributed by atoms with E-state index in [4.69, 9.17) is 0 Å². The summed E-state index contributed by atoms with van der Waals surface area (Å²) in [5.74, 6) is -0.412. The molecule has 1 aromatic carbocycles. The molecule has 0 saturated heterocycles. The molecule has 0 unspecified atom stereocenters. The lowest BCUT2D eigenvalue weighted by Crippen LogP contribution is -2.13. The van der Waals surface area contributed by atoms with Crippen LogP contribution in [0.3, 0.4) is 0 Å². The SMILES string of the molecule is C=CC(=O)Nc1cccc(NS(C)(=O)=O)c1-c1cnccc1-c1cnn(C)c1. The molecule has 0 aliphatic rings. The van der Waals surface area contributed by atoms with E-state index in [0.29, 0.717) is 22.5 Å². The molecule has 0 bridgehead atoms. The minimum absolute atomic E-state index is 0.322. The number of carbonyl (C=O) groups is 1. The van der Waals surface area contributed by atoms with E-state index in [9.17, 15) is 13.2 Å². The average molecular weight is 397 g/mol. The standard InChI is InChI=1S/C19H19N5O3S/c1-4-18(25)22-16-6-5-7-17(23-28(3,26)27)19(16)15-11-20-9-8-14(15)13-10-21-24(2)12-13/h4-12,23H,1H2,2-3H3,(H,22,25). The van der Waals surface area contributed by atoms with Crippen molar-refractivity contribution in [2.24, 2.45) is 7.05 Å². The van der Waals surface area contributed by atoms with Crippen molar-refractivity contribution in [3.63, 3.8) is 0 Å². The van der Waals surface area contributed by atoms with Crippen LogP contribution in [0.4, 0.5) is 11.4 Å². The Morgan fingerprint density at radius 2 is 1.93 bits per heavy atom. The third kappa shape index (κ3) is 4.26. The van der Waals surface area contributed by atoms with E-state index >= 15 is 0 Å². The second-order valence-corrected chi connectivity index (χ2v) is 7.87. The first kappa shape index (κ1) is 19.3. The van der Waals surface area contributed by atoms with Crippen LogP contribution in [0.15, 0.2) is 61.7 Å². The van der Waals surface area contributed by atoms with Gasteiger partial charge in [0.05, 0.1) is 23.8 Å². The molecule has 2 N–H and O–H groups in total. The van der Waals surface area contributed by atoms with Gasteiger partial charge >= 0.3 is 0 Å². The van der Waals surface area contributed by atoms with Crippen LogP contribution < -0.4 is 10.0 Å². The number of sulfonamides is 1. The molecule has 0 fully saturated rings. The Morgan fingerprint density at radius 1 is 1.18 bits per heavy atom. The van der Waals surface area contributed by atoms with Gasteiger partial charge in [-0.1, -0.05) is 12.6 Å². The van der Waals surface area contributed by atoms with Gasteiger partial charge in [0.1, 0.15) is 0 Å². The fourth-order valence-electron chi connectivity index (χ4n) is 2.82. The summed E-state index contributed by atoms with van der Waals surface area (Å²) in [5, 5.41) is 6.92. The maximum absolute atomic E-state index is 11.9. The minimum atomic E-state index is -3.55. The molecule has 8 nitrogen and oxygen atoms in total. The highest BCUT2D eigenvalue weighted by Gasteiger charge is 2.19. The Hall–Kier alpha value is -3.46. The topological polar surface area (TPSA) is 106 Å². The van der Waals surface area contributed by atoms with E-state index in [2.05, 4.69) is 26.7 Å². The predicted octanol–water partition coefficient (Wildman–Crippen LogP) is 2.65. The van der Waals surface area contributed by atoms with E-state index in [1.54, 1.807) is 48.5 Å². The fourth-order valence-corrected chi connectivity index (χ4v) is 3.39. The molecule has 0 atom stereocenters. The molecular formula is C19H19N5O3S. The third-order valence-corrected chi connectivity index (χ3v) is 4.50. The zero-order valence-corrected chi connectivity index (χ0v) is 16.2. The molecule has 3 rings (SSSR count). The monoisotopic (exact) mass is 397 g/mol. The van der Waals surface area contributed by atoms with Crippen molar-refractivity contribution in [3.05, 3.63) is 61.7 Å². The normalized spacial score (nSPS) is 11.1. The van der Waals surface area contributed by atoms with E-state index < -0.39 is 15.9 Å². The molecule has 0 radical (unpaired) electrons. The maximum atomic E-state index is 11.9. The van der Waals surface area contributed by atoms with Gasteiger partial charge in [-0.05, 0) is 29.8 Å². The van der Waals surface area contributed by atoms with Crippen molar-refractivity contribution in [1.82, 2.24) is 14.8 Å². The predicted molar refractivity (Wildman–Crippen MR) is 109 cm³/mol. The number of pyridine rings is 1. The quantitative estimate of drug-likeness (QED) is 0.622. The summed E-state index contributed by atoms with van der Waals surface area (Å²) >= 11 is 0. The maximum Gasteiger partial charge on any atom is 0.247 e. The molecule has 2 aromatic heterocycles. The summed E-state index contributed by atoms with van der Waals surface area (Å²) in [6.07, 6.45) is 9.01. The number of anilines is 2. The van der Waals surface area contributed by atoms with Gasteiger partial charge < -0.3 is 5.32 Å². The first-order chi connectivity index (χ1) is 13.3. The first-order valence-corrected chi connectivity index (χ1v) is 10.2. The van der Waals surface area contributed by atoms with E-state index in [0.717, 1.165) is 23.5 Å². The zero-order chi connectivity index (χ0) is 20.3. The van der Waals surface area contributed by atoms with Gasteiger partial charge in [-0.25, -0.2) is 8.42 Å². The molecule has 3 aromatic rings. The Bertz CT molecular complexity index is 1150. The van der Waals surface area contributed by atoms with Gasteiger partial charge in [0.2, 0.25) is 15.9 Å². The fraction of sp³-hybridized carbons (Fsp3) is 0.105. The number of carbonyl (C=O) groups excluding carboxylic acids is 1. The van der Waals surface area contributed by atoms with Crippen LogP contribution in [-0.4, -0.2) is 35.3 Å². The number of benzene rings is 1. The highest BCUT2D eigenvalue weighted by molar-refractivity contribution is 7.92. The van der Waals surface area contributed by atoms with E-state index in [-0.39, 0.29) is 0 Å². The minimum Gasteiger partial charge on any atom is -0.322 e. The average Bonchev–Trinajstić information content (AvgIpc) is 3.07. The lowest BCUT2D eigenvalue weighted by Gasteiger charge is -2.18. The number of nitrogens with zero attached hydrogens (tertiary/aromatic N) is 3. The number of hydrogen-bond acceptors (Lipinski definition) is 5. The zero-order valence-electron chi connectivity index (χ0n) is 15.4. The number of aromatic nitrogens is 3. The molecule has 2 heterocycles. The number of hydrogen-bond donors (Lipinski definition) is 2. The number of aryl methyl sites for hydroxylation is 1. The molecule has 1 amide bonds. The molecule has 0 aliphatic heterocycles. The highest BCUT2D eigenvalue weighted by atomic mass is 32.2. The molecule has 0 spiro atoms. The third-order valence-electron chi connectivity index (χ3n) is 3.91. The van der Waals surface area contributed by atoms with Gasteiger partial charge in [-0.3, -0.25) is 19.2 Å². The lowest BCUT2D eigenvalue weighted by molar-refractivity contribution is -0.111. The smallest absolute Gasteiger partial charge is 0.247 e. The second kappa shape index (κ2) is 7.65. The summed E-state index contributed by atoms with van der Waals surface area (Å²) in [6, 6.07) is 6.77. The van der Waals surface area contributed by atoms with Crippen molar-refractivity contribution in [1.29, 1.82) is 0 Å². The van der Waals surface area contributed by atoms with Crippen LogP contribution in [-0.2, 0) is 21.9 Å². The van der Waals surface area contributed by atoms with Gasteiger partial charge in [0.25, 0.3) is 0 Å². The summed E-state index contributed by atoms with van der Waals surface area (Å²) in [5.41, 5.74) is 3.51. The molecule has 0 aliphatic carbocycles. The number of rotatable bonds is 6. The van der Waals surface area contributed by atoms with Crippen LogP contribution in [0, 0.1) is 0 Å². The Balaban J connectivity index is 2.28. The summed E-state index contributed by atoms with van der Waals surface area (Å²) in [6.45, 7) is 3.46. The van der Waals surface area contributed by atoms with E-state index in [1.165, 1.54) is 0 Å². The van der Waals surface area contributed by atoms with Crippen molar-refractivity contribution in [3.8, 4) is 22.3 Å². The van der Waals surface area contributed by atoms with Crippen molar-refractivity contribution in [2.75, 3.05) is 16.3 Å². The summed E-state index contributed by atoms with van der Waals surface area (Å²) in [7, 11) is -1.75. The highest BCUT2D eigenvalue weighted by Crippen LogP contribution is 2.40. The van der Waals surface area contributed by atoms with Crippen LogP contribution >= 0.6 is 0 Å². The van der Waals surface area contributed by atoms with Crippen LogP contribution in [0.2, 0.25) is 0 Å². The van der Waals surface area contributed by atoms with E-state index in [1.807, 2.05) is 12.3 Å². The number of nitrogens with one attached hydrogen (secondary N) is 2. The Labute approximate surface area is 163 Å². The van der Waals surface area contributed by atoms with Crippen molar-refractivity contribution in [2.45, 2.75) is 0 Å². The Morgan fingerprint density at radius 3 is 2.57 bits per heavy atom. The molecule has 9 heteroatoms. The Kier molecular flexibility index (Phi) is 5.27. The van der Waals surface area contributed by atoms with Crippen molar-refractivity contribution < 1.29 is 13.2 Å². The summed E-state index contributed by atoms with van der Waals surface area (Å²) in [4.78, 5) is 16.1. The molecular weight excluding hydrogens is 378 g/mol. The van der Waals surface area contributed by atoms with Crippen LogP contribution in [0.5, 0.6) is 0 Å². The van der Waals surface area contributed by atoms with Gasteiger partial charge in [0, 0.05) is 42.3 Å². The second-order valence-electron chi connectivity index (χ2n) is 6.12. The summed E-state index contributed by atoms with van der Waals surface area (Å²) < 4.78 is 28.0. The molecule has 28 heavy (non-hydrogen) atoms. The number of amides is 1. The van der Waals surface area contributed by atoms with Crippen LogP contribution in [0.25, 0.3) is 22.3 Å². The van der Waals surface area contributed by atoms with Gasteiger partial charge in [-0.2, -0.15) is 5.10 Å². The van der Waals surface area contributed by atoms with Gasteiger partial charge in [0.15, 0.2) is 0 Å². The first-order valence-electron chi connectivity index (χ1n) is 8.26. The van der Waals surface area contributed by atoms with Crippen LogP contribution in [0.1, 0.15) is 0 Å². The van der Waals surface area contributed by atoms with Crippen molar-refractivity contribution >= 4 is 27.3 Å². The largest absolute Gasteiger partial charge is 0.322 e. The molecule has 0 saturated carbocycles. The van der Waals surface area contributed by atoms with Gasteiger partial charge in [-0.15, -0.1) is 0 Å². The lowest BCUT2D eigenvalue weighted by atomic mass is 9.95.